The van der Waals surface area contributed by atoms with Crippen LogP contribution in [-0.4, -0.2) is 17.6 Å². The Morgan fingerprint density at radius 3 is 2.72 bits per heavy atom. The molecule has 0 spiro atoms. The van der Waals surface area contributed by atoms with Gasteiger partial charge in [0.15, 0.2) is 0 Å². The van der Waals surface area contributed by atoms with Gasteiger partial charge in [-0.25, -0.2) is 4.79 Å². The predicted octanol–water partition coefficient (Wildman–Crippen LogP) is 2.85. The number of esters is 1. The Bertz CT molecular complexity index is 523. The Morgan fingerprint density at radius 2 is 2.00 bits per heavy atom. The number of aromatic nitrogens is 1. The average molecular weight is 241 g/mol. The SMILES string of the molecule is CCOC(=O)c1cnccc1Cc1ccccc1. The predicted molar refractivity (Wildman–Crippen MR) is 69.4 cm³/mol. The van der Waals surface area contributed by atoms with Crippen LogP contribution in [0.3, 0.4) is 0 Å². The van der Waals surface area contributed by atoms with Gasteiger partial charge in [-0.2, -0.15) is 0 Å². The number of benzene rings is 1. The summed E-state index contributed by atoms with van der Waals surface area (Å²) in [6.07, 6.45) is 3.97. The van der Waals surface area contributed by atoms with Crippen LogP contribution in [0.25, 0.3) is 0 Å². The lowest BCUT2D eigenvalue weighted by Crippen LogP contribution is -2.09. The van der Waals surface area contributed by atoms with Crippen LogP contribution in [-0.2, 0) is 11.2 Å². The van der Waals surface area contributed by atoms with Gasteiger partial charge in [-0.1, -0.05) is 30.3 Å². The van der Waals surface area contributed by atoms with Crippen LogP contribution in [0, 0.1) is 0 Å². The number of carbonyl (C=O) groups is 1. The molecule has 0 amide bonds. The number of carbonyl (C=O) groups excluding carboxylic acids is 1. The molecular formula is C15H15NO2. The van der Waals surface area contributed by atoms with Crippen molar-refractivity contribution in [1.29, 1.82) is 0 Å². The fraction of sp³-hybridized carbons (Fsp3) is 0.200. The smallest absolute Gasteiger partial charge is 0.339 e. The lowest BCUT2D eigenvalue weighted by molar-refractivity contribution is 0.0525. The van der Waals surface area contributed by atoms with Gasteiger partial charge in [-0.05, 0) is 30.5 Å². The second kappa shape index (κ2) is 5.96. The molecule has 0 aliphatic carbocycles. The highest BCUT2D eigenvalue weighted by molar-refractivity contribution is 5.90. The van der Waals surface area contributed by atoms with Crippen LogP contribution >= 0.6 is 0 Å². The highest BCUT2D eigenvalue weighted by Gasteiger charge is 2.12. The monoisotopic (exact) mass is 241 g/mol. The van der Waals surface area contributed by atoms with Crippen LogP contribution in [0.5, 0.6) is 0 Å². The van der Waals surface area contributed by atoms with Crippen molar-refractivity contribution in [3.8, 4) is 0 Å². The molecule has 0 N–H and O–H groups in total. The van der Waals surface area contributed by atoms with E-state index in [0.717, 1.165) is 11.1 Å². The first-order chi connectivity index (χ1) is 8.81. The van der Waals surface area contributed by atoms with Gasteiger partial charge in [0.2, 0.25) is 0 Å². The first-order valence-corrected chi connectivity index (χ1v) is 5.95. The molecule has 0 aliphatic heterocycles. The van der Waals surface area contributed by atoms with E-state index in [1.807, 2.05) is 36.4 Å². The maximum Gasteiger partial charge on any atom is 0.339 e. The largest absolute Gasteiger partial charge is 0.462 e. The zero-order valence-electron chi connectivity index (χ0n) is 10.3. The fourth-order valence-electron chi connectivity index (χ4n) is 1.79. The second-order valence-electron chi connectivity index (χ2n) is 3.92. The summed E-state index contributed by atoms with van der Waals surface area (Å²) in [5.74, 6) is -0.309. The van der Waals surface area contributed by atoms with Crippen LogP contribution in [0.2, 0.25) is 0 Å². The fourth-order valence-corrected chi connectivity index (χ4v) is 1.79. The maximum absolute atomic E-state index is 11.8. The number of hydrogen-bond donors (Lipinski definition) is 0. The van der Waals surface area contributed by atoms with Crippen LogP contribution < -0.4 is 0 Å². The Kier molecular flexibility index (Phi) is 4.07. The third-order valence-corrected chi connectivity index (χ3v) is 2.64. The molecule has 0 aliphatic rings. The minimum atomic E-state index is -0.309. The van der Waals surface area contributed by atoms with Crippen molar-refractivity contribution in [3.05, 3.63) is 65.5 Å². The molecular weight excluding hydrogens is 226 g/mol. The minimum absolute atomic E-state index is 0.309. The molecule has 18 heavy (non-hydrogen) atoms. The topological polar surface area (TPSA) is 39.2 Å². The summed E-state index contributed by atoms with van der Waals surface area (Å²) in [5, 5.41) is 0. The van der Waals surface area contributed by atoms with E-state index in [1.165, 1.54) is 0 Å². The third-order valence-electron chi connectivity index (χ3n) is 2.64. The standard InChI is InChI=1S/C15H15NO2/c1-2-18-15(17)14-11-16-9-8-13(14)10-12-6-4-3-5-7-12/h3-9,11H,2,10H2,1H3. The number of rotatable bonds is 4. The summed E-state index contributed by atoms with van der Waals surface area (Å²) < 4.78 is 5.03. The number of hydrogen-bond acceptors (Lipinski definition) is 3. The van der Waals surface area contributed by atoms with Gasteiger partial charge in [0.25, 0.3) is 0 Å². The van der Waals surface area contributed by atoms with Gasteiger partial charge in [-0.3, -0.25) is 4.98 Å². The van der Waals surface area contributed by atoms with E-state index in [-0.39, 0.29) is 5.97 Å². The summed E-state index contributed by atoms with van der Waals surface area (Å²) >= 11 is 0. The zero-order chi connectivity index (χ0) is 12.8. The molecule has 3 heteroatoms. The zero-order valence-corrected chi connectivity index (χ0v) is 10.3. The van der Waals surface area contributed by atoms with Gasteiger partial charge in [0.1, 0.15) is 0 Å². The molecule has 3 nitrogen and oxygen atoms in total. The molecule has 0 atom stereocenters. The first kappa shape index (κ1) is 12.3. The molecule has 92 valence electrons. The van der Waals surface area contributed by atoms with Gasteiger partial charge in [0.05, 0.1) is 12.2 Å². The number of ether oxygens (including phenoxy) is 1. The van der Waals surface area contributed by atoms with Crippen molar-refractivity contribution in [2.45, 2.75) is 13.3 Å². The van der Waals surface area contributed by atoms with E-state index in [1.54, 1.807) is 19.3 Å². The Labute approximate surface area is 106 Å². The molecule has 0 radical (unpaired) electrons. The molecule has 0 fully saturated rings. The van der Waals surface area contributed by atoms with E-state index in [4.69, 9.17) is 4.74 Å². The number of pyridine rings is 1. The average Bonchev–Trinajstić information content (AvgIpc) is 2.41. The van der Waals surface area contributed by atoms with E-state index in [0.29, 0.717) is 18.6 Å². The first-order valence-electron chi connectivity index (χ1n) is 5.95. The maximum atomic E-state index is 11.8. The van der Waals surface area contributed by atoms with Gasteiger partial charge < -0.3 is 4.74 Å². The van der Waals surface area contributed by atoms with Crippen molar-refractivity contribution >= 4 is 5.97 Å². The second-order valence-corrected chi connectivity index (χ2v) is 3.92. The highest BCUT2D eigenvalue weighted by Crippen LogP contribution is 2.14. The Hall–Kier alpha value is -2.16. The summed E-state index contributed by atoms with van der Waals surface area (Å²) in [6.45, 7) is 2.17. The molecule has 1 aromatic carbocycles. The van der Waals surface area contributed by atoms with E-state index >= 15 is 0 Å². The molecule has 1 aromatic heterocycles. The molecule has 0 saturated carbocycles. The van der Waals surface area contributed by atoms with E-state index in [2.05, 4.69) is 4.98 Å². The van der Waals surface area contributed by atoms with Gasteiger partial charge >= 0.3 is 5.97 Å². The normalized spacial score (nSPS) is 10.1. The molecule has 0 bridgehead atoms. The van der Waals surface area contributed by atoms with Crippen molar-refractivity contribution in [1.82, 2.24) is 4.98 Å². The third kappa shape index (κ3) is 2.94. The molecule has 2 aromatic rings. The Morgan fingerprint density at radius 1 is 1.22 bits per heavy atom. The summed E-state index contributed by atoms with van der Waals surface area (Å²) in [6, 6.07) is 11.9. The van der Waals surface area contributed by atoms with E-state index in [9.17, 15) is 4.79 Å². The molecule has 0 unspecified atom stereocenters. The molecule has 1 heterocycles. The summed E-state index contributed by atoms with van der Waals surface area (Å²) in [4.78, 5) is 15.8. The Balaban J connectivity index is 2.25. The van der Waals surface area contributed by atoms with Gasteiger partial charge in [0, 0.05) is 12.4 Å². The van der Waals surface area contributed by atoms with Gasteiger partial charge in [-0.15, -0.1) is 0 Å². The number of nitrogens with zero attached hydrogens (tertiary/aromatic N) is 1. The van der Waals surface area contributed by atoms with Crippen molar-refractivity contribution in [2.75, 3.05) is 6.61 Å². The quantitative estimate of drug-likeness (QED) is 0.773. The summed E-state index contributed by atoms with van der Waals surface area (Å²) in [5.41, 5.74) is 2.65. The molecule has 2 rings (SSSR count). The van der Waals surface area contributed by atoms with Crippen LogP contribution in [0.15, 0.2) is 48.8 Å². The van der Waals surface area contributed by atoms with Crippen molar-refractivity contribution in [3.63, 3.8) is 0 Å². The summed E-state index contributed by atoms with van der Waals surface area (Å²) in [7, 11) is 0. The van der Waals surface area contributed by atoms with E-state index < -0.39 is 0 Å². The highest BCUT2D eigenvalue weighted by atomic mass is 16.5. The van der Waals surface area contributed by atoms with Crippen LogP contribution in [0.1, 0.15) is 28.4 Å². The lowest BCUT2D eigenvalue weighted by atomic mass is 10.0. The van der Waals surface area contributed by atoms with Crippen molar-refractivity contribution < 1.29 is 9.53 Å². The van der Waals surface area contributed by atoms with Crippen molar-refractivity contribution in [2.24, 2.45) is 0 Å². The minimum Gasteiger partial charge on any atom is -0.462 e. The van der Waals surface area contributed by atoms with Crippen LogP contribution in [0.4, 0.5) is 0 Å². The lowest BCUT2D eigenvalue weighted by Gasteiger charge is -2.08. The molecule has 0 saturated heterocycles.